The van der Waals surface area contributed by atoms with Gasteiger partial charge in [-0.3, -0.25) is 5.41 Å². The van der Waals surface area contributed by atoms with Crippen LogP contribution in [0.25, 0.3) is 0 Å². The Morgan fingerprint density at radius 2 is 1.67 bits per heavy atom. The number of nitrogen functional groups attached to an aromatic ring is 1. The van der Waals surface area contributed by atoms with Crippen LogP contribution in [0.3, 0.4) is 0 Å². The average molecular weight is 296 g/mol. The molecule has 1 aromatic carbocycles. The number of hydrogen-bond donors (Lipinski definition) is 2. The van der Waals surface area contributed by atoms with Gasteiger partial charge in [-0.15, -0.1) is 0 Å². The van der Waals surface area contributed by atoms with Crippen molar-refractivity contribution in [1.29, 1.82) is 5.41 Å². The third kappa shape index (κ3) is 7.08. The maximum Gasteiger partial charge on any atom is 0.130 e. The molecule has 1 aromatic rings. The Morgan fingerprint density at radius 3 is 2.29 bits per heavy atom. The van der Waals surface area contributed by atoms with Crippen molar-refractivity contribution in [3.05, 3.63) is 29.3 Å². The summed E-state index contributed by atoms with van der Waals surface area (Å²) in [6.45, 7) is 5.03. The topological polar surface area (TPSA) is 86.8 Å². The van der Waals surface area contributed by atoms with Crippen LogP contribution in [0.2, 0.25) is 0 Å². The van der Waals surface area contributed by atoms with Crippen molar-refractivity contribution >= 4 is 5.84 Å². The number of amidine groups is 1. The molecule has 21 heavy (non-hydrogen) atoms. The number of benzene rings is 1. The maximum absolute atomic E-state index is 7.51. The highest BCUT2D eigenvalue weighted by Gasteiger charge is 2.06. The summed E-state index contributed by atoms with van der Waals surface area (Å²) in [5.41, 5.74) is 7.18. The lowest BCUT2D eigenvalue weighted by molar-refractivity contribution is 0.0179. The molecule has 0 fully saturated rings. The normalized spacial score (nSPS) is 10.6. The monoisotopic (exact) mass is 296 g/mol. The molecule has 0 saturated heterocycles. The van der Waals surface area contributed by atoms with Crippen molar-refractivity contribution in [2.24, 2.45) is 5.73 Å². The molecule has 0 spiro atoms. The van der Waals surface area contributed by atoms with Gasteiger partial charge in [-0.25, -0.2) is 0 Å². The molecule has 0 heterocycles. The van der Waals surface area contributed by atoms with E-state index in [4.69, 9.17) is 30.1 Å². The molecular weight excluding hydrogens is 272 g/mol. The number of nitrogens with one attached hydrogen (secondary N) is 1. The lowest BCUT2D eigenvalue weighted by Gasteiger charge is -2.12. The van der Waals surface area contributed by atoms with Gasteiger partial charge in [0.05, 0.1) is 38.6 Å². The molecule has 0 bridgehead atoms. The highest BCUT2D eigenvalue weighted by Crippen LogP contribution is 2.19. The van der Waals surface area contributed by atoms with Crippen LogP contribution in [0.4, 0.5) is 0 Å². The van der Waals surface area contributed by atoms with Gasteiger partial charge in [-0.05, 0) is 24.6 Å². The smallest absolute Gasteiger partial charge is 0.130 e. The molecule has 118 valence electrons. The van der Waals surface area contributed by atoms with Crippen molar-refractivity contribution in [3.63, 3.8) is 0 Å². The Labute approximate surface area is 125 Å². The van der Waals surface area contributed by atoms with E-state index in [0.29, 0.717) is 51.0 Å². The highest BCUT2D eigenvalue weighted by molar-refractivity contribution is 5.97. The van der Waals surface area contributed by atoms with Gasteiger partial charge in [-0.1, -0.05) is 6.07 Å². The molecule has 0 saturated carbocycles. The summed E-state index contributed by atoms with van der Waals surface area (Å²) < 4.78 is 21.1. The Morgan fingerprint density at radius 1 is 1.05 bits per heavy atom. The van der Waals surface area contributed by atoms with Gasteiger partial charge in [0.15, 0.2) is 0 Å². The van der Waals surface area contributed by atoms with Gasteiger partial charge >= 0.3 is 0 Å². The van der Waals surface area contributed by atoms with Gasteiger partial charge in [0, 0.05) is 7.11 Å². The van der Waals surface area contributed by atoms with E-state index in [9.17, 15) is 0 Å². The quantitative estimate of drug-likeness (QED) is 0.365. The summed E-state index contributed by atoms with van der Waals surface area (Å²) in [5.74, 6) is 0.611. The molecule has 0 aliphatic heterocycles. The molecule has 0 aliphatic rings. The molecule has 6 nitrogen and oxygen atoms in total. The van der Waals surface area contributed by atoms with Crippen molar-refractivity contribution in [2.75, 3.05) is 46.8 Å². The van der Waals surface area contributed by atoms with Crippen molar-refractivity contribution < 1.29 is 18.9 Å². The molecule has 3 N–H and O–H groups in total. The summed E-state index contributed by atoms with van der Waals surface area (Å²) >= 11 is 0. The van der Waals surface area contributed by atoms with Crippen LogP contribution >= 0.6 is 0 Å². The Bertz CT molecular complexity index is 438. The second-order valence-electron chi connectivity index (χ2n) is 4.48. The first-order valence-corrected chi connectivity index (χ1v) is 6.87. The van der Waals surface area contributed by atoms with E-state index in [1.54, 1.807) is 13.2 Å². The zero-order valence-corrected chi connectivity index (χ0v) is 12.7. The fraction of sp³-hybridized carbons (Fsp3) is 0.533. The first-order chi connectivity index (χ1) is 10.1. The number of aryl methyl sites for hydroxylation is 1. The molecule has 0 aliphatic carbocycles. The van der Waals surface area contributed by atoms with Gasteiger partial charge in [0.2, 0.25) is 0 Å². The number of hydrogen-bond acceptors (Lipinski definition) is 5. The molecule has 6 heteroatoms. The highest BCUT2D eigenvalue weighted by atomic mass is 16.6. The molecule has 0 radical (unpaired) electrons. The largest absolute Gasteiger partial charge is 0.490 e. The fourth-order valence-corrected chi connectivity index (χ4v) is 1.65. The van der Waals surface area contributed by atoms with Crippen LogP contribution in [-0.4, -0.2) is 52.6 Å². The van der Waals surface area contributed by atoms with Crippen molar-refractivity contribution in [2.45, 2.75) is 6.92 Å². The van der Waals surface area contributed by atoms with Crippen LogP contribution in [0.15, 0.2) is 18.2 Å². The van der Waals surface area contributed by atoms with E-state index < -0.39 is 0 Å². The van der Waals surface area contributed by atoms with E-state index >= 15 is 0 Å². The molecular formula is C15H24N2O4. The zero-order valence-electron chi connectivity index (χ0n) is 12.7. The van der Waals surface area contributed by atoms with Gasteiger partial charge in [-0.2, -0.15) is 0 Å². The maximum atomic E-state index is 7.51. The first-order valence-electron chi connectivity index (χ1n) is 6.87. The van der Waals surface area contributed by atoms with Gasteiger partial charge < -0.3 is 24.7 Å². The van der Waals surface area contributed by atoms with E-state index in [2.05, 4.69) is 0 Å². The summed E-state index contributed by atoms with van der Waals surface area (Å²) in [6, 6.07) is 5.56. The van der Waals surface area contributed by atoms with Gasteiger partial charge in [0.1, 0.15) is 18.2 Å². The lowest BCUT2D eigenvalue weighted by Crippen LogP contribution is -2.16. The summed E-state index contributed by atoms with van der Waals surface area (Å²) in [4.78, 5) is 0. The molecule has 0 unspecified atom stereocenters. The number of nitrogens with two attached hydrogens (primary N) is 1. The fourth-order valence-electron chi connectivity index (χ4n) is 1.65. The SMILES string of the molecule is COCCOCCOCCOc1cc(C)ccc1C(=N)N. The molecule has 0 aromatic heterocycles. The van der Waals surface area contributed by atoms with Crippen LogP contribution in [0.5, 0.6) is 5.75 Å². The number of ether oxygens (including phenoxy) is 4. The third-order valence-corrected chi connectivity index (χ3v) is 2.72. The van der Waals surface area contributed by atoms with Crippen molar-refractivity contribution in [3.8, 4) is 5.75 Å². The van der Waals surface area contributed by atoms with Crippen LogP contribution in [0.1, 0.15) is 11.1 Å². The van der Waals surface area contributed by atoms with Crippen LogP contribution < -0.4 is 10.5 Å². The van der Waals surface area contributed by atoms with Crippen LogP contribution in [-0.2, 0) is 14.2 Å². The summed E-state index contributed by atoms with van der Waals surface area (Å²) in [5, 5.41) is 7.51. The Balaban J connectivity index is 2.21. The first kappa shape index (κ1) is 17.4. The minimum atomic E-state index is -0.00235. The standard InChI is InChI=1S/C15H24N2O4/c1-12-3-4-13(15(16)17)14(11-12)21-10-9-20-8-7-19-6-5-18-2/h3-4,11H,5-10H2,1-2H3,(H3,16,17). The Kier molecular flexibility index (Phi) is 8.42. The molecule has 0 atom stereocenters. The third-order valence-electron chi connectivity index (χ3n) is 2.72. The van der Waals surface area contributed by atoms with E-state index in [-0.39, 0.29) is 5.84 Å². The molecule has 0 amide bonds. The Hall–Kier alpha value is -1.63. The minimum Gasteiger partial charge on any atom is -0.490 e. The molecule has 1 rings (SSSR count). The minimum absolute atomic E-state index is 0.00235. The van der Waals surface area contributed by atoms with Crippen molar-refractivity contribution in [1.82, 2.24) is 0 Å². The van der Waals surface area contributed by atoms with Gasteiger partial charge in [0.25, 0.3) is 0 Å². The second-order valence-corrected chi connectivity index (χ2v) is 4.48. The average Bonchev–Trinajstić information content (AvgIpc) is 2.45. The van der Waals surface area contributed by atoms with E-state index in [1.807, 2.05) is 19.1 Å². The number of methoxy groups -OCH3 is 1. The zero-order chi connectivity index (χ0) is 15.5. The van der Waals surface area contributed by atoms with Crippen LogP contribution in [0, 0.1) is 12.3 Å². The summed E-state index contributed by atoms with van der Waals surface area (Å²) in [7, 11) is 1.64. The number of rotatable bonds is 11. The predicted octanol–water partition coefficient (Wildman–Crippen LogP) is 1.34. The van der Waals surface area contributed by atoms with E-state index in [1.165, 1.54) is 0 Å². The summed E-state index contributed by atoms with van der Waals surface area (Å²) in [6.07, 6.45) is 0. The predicted molar refractivity (Wildman–Crippen MR) is 81.2 cm³/mol. The van der Waals surface area contributed by atoms with E-state index in [0.717, 1.165) is 5.56 Å². The second kappa shape index (κ2) is 10.1. The lowest BCUT2D eigenvalue weighted by atomic mass is 10.1.